The van der Waals surface area contributed by atoms with Gasteiger partial charge in [-0.25, -0.2) is 8.42 Å². The van der Waals surface area contributed by atoms with Gasteiger partial charge in [-0.05, 0) is 42.8 Å². The number of fused-ring (bicyclic) bond motifs is 1. The van der Waals surface area contributed by atoms with Crippen LogP contribution in [-0.4, -0.2) is 20.1 Å². The van der Waals surface area contributed by atoms with Gasteiger partial charge in [0, 0.05) is 21.6 Å². The van der Waals surface area contributed by atoms with E-state index in [1.165, 1.54) is 23.9 Å². The van der Waals surface area contributed by atoms with Crippen molar-refractivity contribution in [1.29, 1.82) is 0 Å². The van der Waals surface area contributed by atoms with Gasteiger partial charge in [-0.1, -0.05) is 24.6 Å². The molecule has 0 fully saturated rings. The molecule has 0 radical (unpaired) electrons. The van der Waals surface area contributed by atoms with Gasteiger partial charge >= 0.3 is 0 Å². The Morgan fingerprint density at radius 1 is 1.24 bits per heavy atom. The van der Waals surface area contributed by atoms with Crippen molar-refractivity contribution in [1.82, 2.24) is 0 Å². The first-order valence-corrected chi connectivity index (χ1v) is 10.5. The van der Waals surface area contributed by atoms with Crippen molar-refractivity contribution in [3.63, 3.8) is 0 Å². The first-order valence-electron chi connectivity index (χ1n) is 7.63. The molecule has 0 saturated heterocycles. The van der Waals surface area contributed by atoms with Crippen LogP contribution in [0.1, 0.15) is 12.5 Å². The van der Waals surface area contributed by atoms with Crippen molar-refractivity contribution >= 4 is 50.7 Å². The van der Waals surface area contributed by atoms with Crippen LogP contribution >= 0.6 is 23.4 Å². The quantitative estimate of drug-likeness (QED) is 0.817. The van der Waals surface area contributed by atoms with Gasteiger partial charge in [0.2, 0.25) is 5.91 Å². The van der Waals surface area contributed by atoms with E-state index in [9.17, 15) is 13.2 Å². The molecule has 25 heavy (non-hydrogen) atoms. The molecule has 0 aliphatic carbocycles. The van der Waals surface area contributed by atoms with E-state index in [1.807, 2.05) is 6.92 Å². The number of rotatable bonds is 3. The van der Waals surface area contributed by atoms with E-state index in [1.54, 1.807) is 31.2 Å². The number of sulfonamides is 1. The lowest BCUT2D eigenvalue weighted by atomic mass is 10.2. The molecule has 0 saturated carbocycles. The largest absolute Gasteiger partial charge is 0.325 e. The van der Waals surface area contributed by atoms with Crippen molar-refractivity contribution in [2.24, 2.45) is 5.92 Å². The lowest BCUT2D eigenvalue weighted by molar-refractivity contribution is -0.118. The van der Waals surface area contributed by atoms with E-state index in [-0.39, 0.29) is 16.7 Å². The summed E-state index contributed by atoms with van der Waals surface area (Å²) >= 11 is 7.48. The van der Waals surface area contributed by atoms with Crippen molar-refractivity contribution < 1.29 is 13.2 Å². The highest BCUT2D eigenvalue weighted by Crippen LogP contribution is 2.34. The zero-order valence-corrected chi connectivity index (χ0v) is 16.1. The number of nitrogens with one attached hydrogen (secondary N) is 2. The average molecular weight is 397 g/mol. The summed E-state index contributed by atoms with van der Waals surface area (Å²) in [5.41, 5.74) is 1.71. The minimum absolute atomic E-state index is 0.0843. The summed E-state index contributed by atoms with van der Waals surface area (Å²) in [6.45, 7) is 3.64. The van der Waals surface area contributed by atoms with Crippen molar-refractivity contribution in [3.05, 3.63) is 47.0 Å². The van der Waals surface area contributed by atoms with Crippen LogP contribution in [-0.2, 0) is 14.8 Å². The van der Waals surface area contributed by atoms with Crippen LogP contribution < -0.4 is 10.0 Å². The van der Waals surface area contributed by atoms with Crippen LogP contribution in [0.5, 0.6) is 0 Å². The minimum atomic E-state index is -3.80. The molecule has 1 heterocycles. The predicted molar refractivity (Wildman–Crippen MR) is 102 cm³/mol. The molecule has 0 aromatic heterocycles. The Bertz CT molecular complexity index is 945. The fourth-order valence-corrected chi connectivity index (χ4v) is 4.68. The van der Waals surface area contributed by atoms with Crippen LogP contribution in [0.3, 0.4) is 0 Å². The Morgan fingerprint density at radius 3 is 2.76 bits per heavy atom. The fourth-order valence-electron chi connectivity index (χ4n) is 2.35. The topological polar surface area (TPSA) is 75.3 Å². The Morgan fingerprint density at radius 2 is 2.00 bits per heavy atom. The standard InChI is InChI=1S/C17H17ClN2O3S2/c1-10-3-4-12(18)7-14(10)20-25(22,23)13-5-6-16-15(8-13)19-17(21)11(2)9-24-16/h3-8,11,20H,9H2,1-2H3,(H,19,21). The summed E-state index contributed by atoms with van der Waals surface area (Å²) in [6.07, 6.45) is 0. The first-order chi connectivity index (χ1) is 11.8. The van der Waals surface area contributed by atoms with E-state index in [4.69, 9.17) is 11.6 Å². The second-order valence-electron chi connectivity index (χ2n) is 5.92. The predicted octanol–water partition coefficient (Wildman–Crippen LogP) is 4.13. The van der Waals surface area contributed by atoms with Gasteiger partial charge in [0.25, 0.3) is 10.0 Å². The third-order valence-corrected chi connectivity index (χ3v) is 6.83. The van der Waals surface area contributed by atoms with E-state index in [0.717, 1.165) is 10.5 Å². The van der Waals surface area contributed by atoms with Gasteiger partial charge in [0.05, 0.1) is 16.3 Å². The Kier molecular flexibility index (Phi) is 4.99. The van der Waals surface area contributed by atoms with Gasteiger partial charge < -0.3 is 5.32 Å². The van der Waals surface area contributed by atoms with Crippen LogP contribution in [0.25, 0.3) is 0 Å². The van der Waals surface area contributed by atoms with Crippen LogP contribution in [0.2, 0.25) is 5.02 Å². The highest BCUT2D eigenvalue weighted by Gasteiger charge is 2.23. The maximum absolute atomic E-state index is 12.7. The van der Waals surface area contributed by atoms with Gasteiger partial charge in [-0.3, -0.25) is 9.52 Å². The minimum Gasteiger partial charge on any atom is -0.325 e. The Labute approximate surface area is 156 Å². The molecule has 2 N–H and O–H groups in total. The highest BCUT2D eigenvalue weighted by atomic mass is 35.5. The molecule has 1 unspecified atom stereocenters. The SMILES string of the molecule is Cc1ccc(Cl)cc1NS(=O)(=O)c1ccc2c(c1)NC(=O)C(C)CS2. The molecule has 0 spiro atoms. The summed E-state index contributed by atoms with van der Waals surface area (Å²) in [5, 5.41) is 3.24. The molecule has 2 aromatic rings. The third kappa shape index (κ3) is 3.94. The summed E-state index contributed by atoms with van der Waals surface area (Å²) < 4.78 is 28.0. The number of thioether (sulfide) groups is 1. The van der Waals surface area contributed by atoms with Crippen molar-refractivity contribution in [2.75, 3.05) is 15.8 Å². The maximum atomic E-state index is 12.7. The molecule has 132 valence electrons. The second-order valence-corrected chi connectivity index (χ2v) is 9.10. The lowest BCUT2D eigenvalue weighted by Gasteiger charge is -2.13. The van der Waals surface area contributed by atoms with Gasteiger partial charge in [0.15, 0.2) is 0 Å². The normalized spacial score (nSPS) is 17.4. The second kappa shape index (κ2) is 6.90. The van der Waals surface area contributed by atoms with E-state index >= 15 is 0 Å². The zero-order valence-electron chi connectivity index (χ0n) is 13.7. The highest BCUT2D eigenvalue weighted by molar-refractivity contribution is 7.99. The average Bonchev–Trinajstić information content (AvgIpc) is 2.69. The molecule has 2 aromatic carbocycles. The summed E-state index contributed by atoms with van der Waals surface area (Å²) in [5.74, 6) is 0.411. The number of hydrogen-bond donors (Lipinski definition) is 2. The molecule has 0 bridgehead atoms. The van der Waals surface area contributed by atoms with E-state index < -0.39 is 10.0 Å². The van der Waals surface area contributed by atoms with Crippen LogP contribution in [0.15, 0.2) is 46.2 Å². The number of benzene rings is 2. The van der Waals surface area contributed by atoms with E-state index in [2.05, 4.69) is 10.0 Å². The van der Waals surface area contributed by atoms with Gasteiger partial charge in [-0.15, -0.1) is 11.8 Å². The molecular weight excluding hydrogens is 380 g/mol. The molecule has 8 heteroatoms. The molecule has 1 atom stereocenters. The number of carbonyl (C=O) groups excluding carboxylic acids is 1. The van der Waals surface area contributed by atoms with Crippen LogP contribution in [0, 0.1) is 12.8 Å². The molecule has 5 nitrogen and oxygen atoms in total. The zero-order chi connectivity index (χ0) is 18.2. The molecule has 1 amide bonds. The summed E-state index contributed by atoms with van der Waals surface area (Å²) in [7, 11) is -3.80. The number of hydrogen-bond acceptors (Lipinski definition) is 4. The Hall–Kier alpha value is -1.70. The smallest absolute Gasteiger partial charge is 0.261 e. The monoisotopic (exact) mass is 396 g/mol. The first kappa shape index (κ1) is 18.1. The molecule has 3 rings (SSSR count). The number of carbonyl (C=O) groups is 1. The summed E-state index contributed by atoms with van der Waals surface area (Å²) in [4.78, 5) is 12.9. The van der Waals surface area contributed by atoms with Gasteiger partial charge in [-0.2, -0.15) is 0 Å². The number of aryl methyl sites for hydroxylation is 1. The maximum Gasteiger partial charge on any atom is 0.261 e. The third-order valence-electron chi connectivity index (χ3n) is 3.90. The fraction of sp³-hybridized carbons (Fsp3) is 0.235. The van der Waals surface area contributed by atoms with E-state index in [0.29, 0.717) is 22.2 Å². The lowest BCUT2D eigenvalue weighted by Crippen LogP contribution is -2.20. The number of halogens is 1. The summed E-state index contributed by atoms with van der Waals surface area (Å²) in [6, 6.07) is 9.76. The van der Waals surface area contributed by atoms with Crippen molar-refractivity contribution in [2.45, 2.75) is 23.6 Å². The Balaban J connectivity index is 1.95. The van der Waals surface area contributed by atoms with Crippen LogP contribution in [0.4, 0.5) is 11.4 Å². The van der Waals surface area contributed by atoms with Gasteiger partial charge in [0.1, 0.15) is 0 Å². The molecule has 1 aliphatic heterocycles. The number of anilines is 2. The van der Waals surface area contributed by atoms with Crippen molar-refractivity contribution in [3.8, 4) is 0 Å². The molecule has 1 aliphatic rings. The number of amides is 1. The molecular formula is C17H17ClN2O3S2.